The van der Waals surface area contributed by atoms with E-state index in [4.69, 9.17) is 4.84 Å². The maximum Gasteiger partial charge on any atom is 0.435 e. The topological polar surface area (TPSA) is 74.4 Å². The Morgan fingerprint density at radius 3 is 2.76 bits per heavy atom. The smallest absolute Gasteiger partial charge is 0.333 e. The van der Waals surface area contributed by atoms with Gasteiger partial charge in [-0.3, -0.25) is 9.48 Å². The van der Waals surface area contributed by atoms with Crippen molar-refractivity contribution in [2.24, 2.45) is 0 Å². The normalized spacial score (nSPS) is 15.8. The van der Waals surface area contributed by atoms with E-state index in [9.17, 15) is 23.2 Å². The summed E-state index contributed by atoms with van der Waals surface area (Å²) in [7, 11) is 3.27. The molecule has 11 heteroatoms. The summed E-state index contributed by atoms with van der Waals surface area (Å²) in [6.07, 6.45) is -0.0553. The summed E-state index contributed by atoms with van der Waals surface area (Å²) >= 11 is 1.30. The third-order valence-electron chi connectivity index (χ3n) is 6.29. The highest BCUT2D eigenvalue weighted by Gasteiger charge is 2.39. The number of aromatic nitrogens is 2. The lowest BCUT2D eigenvalue weighted by Gasteiger charge is -2.33. The van der Waals surface area contributed by atoms with Crippen LogP contribution in [0, 0.1) is 11.3 Å². The van der Waals surface area contributed by atoms with E-state index in [-0.39, 0.29) is 18.0 Å². The van der Waals surface area contributed by atoms with Crippen molar-refractivity contribution in [1.82, 2.24) is 19.7 Å². The average Bonchev–Trinajstić information content (AvgIpc) is 3.52. The van der Waals surface area contributed by atoms with Gasteiger partial charge >= 0.3 is 6.18 Å². The maximum absolute atomic E-state index is 13.9. The maximum atomic E-state index is 13.9. The van der Waals surface area contributed by atoms with Crippen LogP contribution in [-0.2, 0) is 28.9 Å². The molecule has 0 bridgehead atoms. The summed E-state index contributed by atoms with van der Waals surface area (Å²) in [6, 6.07) is 10.8. The fourth-order valence-corrected chi connectivity index (χ4v) is 5.46. The average molecular weight is 530 g/mol. The number of nitriles is 1. The van der Waals surface area contributed by atoms with Crippen molar-refractivity contribution in [3.05, 3.63) is 75.3 Å². The lowest BCUT2D eigenvalue weighted by atomic mass is 9.83. The van der Waals surface area contributed by atoms with Gasteiger partial charge in [-0.2, -0.15) is 28.6 Å². The van der Waals surface area contributed by atoms with Gasteiger partial charge < -0.3 is 9.74 Å². The third-order valence-corrected chi connectivity index (χ3v) is 7.33. The molecule has 194 valence electrons. The lowest BCUT2D eigenvalue weighted by molar-refractivity contribution is -0.141. The van der Waals surface area contributed by atoms with Gasteiger partial charge in [0, 0.05) is 55.3 Å². The lowest BCUT2D eigenvalue weighted by Crippen LogP contribution is -2.37. The molecule has 0 aliphatic carbocycles. The molecular formula is C26H26F3N5O2S. The standard InChI is InChI=1S/C26H26F3N5O2S/c1-4-34-15-22(25(31-34)26(27,28)29)19-9-6-5-8-18(19)21-14-33(24(35)10-7-11-32(2)36-3)16-23-20(21)12-17(13-30)37-23/h5-10,12,15,21H,4,11,14,16H2,1-3H3/b10-7+. The highest BCUT2D eigenvalue weighted by molar-refractivity contribution is 7.12. The second kappa shape index (κ2) is 10.9. The quantitative estimate of drug-likeness (QED) is 0.317. The number of alkyl halides is 3. The van der Waals surface area contributed by atoms with E-state index < -0.39 is 17.8 Å². The summed E-state index contributed by atoms with van der Waals surface area (Å²) in [5, 5.41) is 14.9. The van der Waals surface area contributed by atoms with Crippen LogP contribution in [0.3, 0.4) is 0 Å². The van der Waals surface area contributed by atoms with Gasteiger partial charge in [0.05, 0.1) is 13.7 Å². The van der Waals surface area contributed by atoms with Crippen LogP contribution in [0.4, 0.5) is 13.2 Å². The molecule has 0 saturated heterocycles. The molecule has 1 aliphatic rings. The second-order valence-corrected chi connectivity index (χ2v) is 9.74. The fraction of sp³-hybridized carbons (Fsp3) is 0.346. The van der Waals surface area contributed by atoms with Crippen molar-refractivity contribution in [2.45, 2.75) is 32.1 Å². The van der Waals surface area contributed by atoms with Crippen LogP contribution in [0.5, 0.6) is 0 Å². The molecular weight excluding hydrogens is 503 g/mol. The van der Waals surface area contributed by atoms with Gasteiger partial charge in [0.25, 0.3) is 0 Å². The number of hydroxylamine groups is 2. The van der Waals surface area contributed by atoms with Gasteiger partial charge in [-0.1, -0.05) is 30.3 Å². The number of likely N-dealkylation sites (N-methyl/N-ethyl adjacent to an activating group) is 1. The molecule has 2 aromatic heterocycles. The van der Waals surface area contributed by atoms with Crippen LogP contribution in [0.15, 0.2) is 48.7 Å². The van der Waals surface area contributed by atoms with Crippen molar-refractivity contribution >= 4 is 17.2 Å². The Hall–Kier alpha value is -3.46. The molecule has 4 rings (SSSR count). The third kappa shape index (κ3) is 5.61. The van der Waals surface area contributed by atoms with E-state index in [2.05, 4.69) is 11.2 Å². The number of amides is 1. The summed E-state index contributed by atoms with van der Waals surface area (Å²) in [5.41, 5.74) is 0.958. The first-order valence-electron chi connectivity index (χ1n) is 11.6. The first-order valence-corrected chi connectivity index (χ1v) is 12.4. The number of carbonyl (C=O) groups is 1. The second-order valence-electron chi connectivity index (χ2n) is 8.60. The van der Waals surface area contributed by atoms with Crippen LogP contribution >= 0.6 is 11.3 Å². The van der Waals surface area contributed by atoms with E-state index in [0.717, 1.165) is 10.4 Å². The Morgan fingerprint density at radius 2 is 2.08 bits per heavy atom. The van der Waals surface area contributed by atoms with Gasteiger partial charge in [0.2, 0.25) is 5.91 Å². The van der Waals surface area contributed by atoms with E-state index in [1.165, 1.54) is 35.4 Å². The molecule has 1 unspecified atom stereocenters. The van der Waals surface area contributed by atoms with Gasteiger partial charge in [-0.25, -0.2) is 0 Å². The number of carbonyl (C=O) groups excluding carboxylic acids is 1. The molecule has 1 amide bonds. The molecule has 3 heterocycles. The van der Waals surface area contributed by atoms with Crippen molar-refractivity contribution < 1.29 is 22.8 Å². The molecule has 3 aromatic rings. The molecule has 1 aliphatic heterocycles. The summed E-state index contributed by atoms with van der Waals surface area (Å²) in [4.78, 5) is 21.1. The van der Waals surface area contributed by atoms with Gasteiger partial charge in [0.15, 0.2) is 5.69 Å². The Bertz CT molecular complexity index is 1350. The van der Waals surface area contributed by atoms with Gasteiger partial charge in [-0.05, 0) is 29.7 Å². The summed E-state index contributed by atoms with van der Waals surface area (Å²) < 4.78 is 43.1. The Labute approximate surface area is 216 Å². The van der Waals surface area contributed by atoms with Crippen LogP contribution in [0.1, 0.15) is 39.4 Å². The van der Waals surface area contributed by atoms with E-state index in [0.29, 0.717) is 35.6 Å². The number of halogens is 3. The van der Waals surface area contributed by atoms with E-state index in [1.54, 1.807) is 60.3 Å². The molecule has 0 spiro atoms. The zero-order valence-corrected chi connectivity index (χ0v) is 21.4. The zero-order valence-electron chi connectivity index (χ0n) is 20.6. The van der Waals surface area contributed by atoms with Crippen molar-refractivity contribution in [2.75, 3.05) is 27.2 Å². The number of hydrogen-bond donors (Lipinski definition) is 0. The number of rotatable bonds is 7. The summed E-state index contributed by atoms with van der Waals surface area (Å²) in [5.74, 6) is -0.636. The van der Waals surface area contributed by atoms with Crippen LogP contribution in [0.2, 0.25) is 0 Å². The van der Waals surface area contributed by atoms with Crippen LogP contribution < -0.4 is 0 Å². The molecule has 7 nitrogen and oxygen atoms in total. The van der Waals surface area contributed by atoms with E-state index >= 15 is 0 Å². The monoisotopic (exact) mass is 529 g/mol. The SMILES string of the molecule is CCn1cc(-c2ccccc2C2CN(C(=O)/C=C/CN(C)OC)Cc3sc(C#N)cc32)c(C(F)(F)F)n1. The largest absolute Gasteiger partial charge is 0.435 e. The highest BCUT2D eigenvalue weighted by Crippen LogP contribution is 2.44. The number of aryl methyl sites for hydroxylation is 1. The van der Waals surface area contributed by atoms with Crippen LogP contribution in [0.25, 0.3) is 11.1 Å². The molecule has 1 aromatic carbocycles. The van der Waals surface area contributed by atoms with E-state index in [1.807, 2.05) is 0 Å². The molecule has 0 fully saturated rings. The number of hydrogen-bond acceptors (Lipinski definition) is 6. The molecule has 37 heavy (non-hydrogen) atoms. The van der Waals surface area contributed by atoms with Crippen molar-refractivity contribution in [1.29, 1.82) is 5.26 Å². The Kier molecular flexibility index (Phi) is 7.82. The van der Waals surface area contributed by atoms with Crippen molar-refractivity contribution in [3.8, 4) is 17.2 Å². The summed E-state index contributed by atoms with van der Waals surface area (Å²) in [6.45, 7) is 3.02. The number of nitrogens with zero attached hydrogens (tertiary/aromatic N) is 5. The molecule has 0 N–H and O–H groups in total. The predicted octanol–water partition coefficient (Wildman–Crippen LogP) is 5.05. The molecule has 1 atom stereocenters. The Morgan fingerprint density at radius 1 is 1.32 bits per heavy atom. The van der Waals surface area contributed by atoms with Crippen molar-refractivity contribution in [3.63, 3.8) is 0 Å². The number of benzene rings is 1. The number of fused-ring (bicyclic) bond motifs is 1. The minimum atomic E-state index is -4.63. The van der Waals surface area contributed by atoms with Crippen LogP contribution in [-0.4, -0.2) is 52.9 Å². The minimum Gasteiger partial charge on any atom is -0.333 e. The molecule has 0 radical (unpaired) electrons. The minimum absolute atomic E-state index is 0.00631. The first-order chi connectivity index (χ1) is 17.7. The first kappa shape index (κ1) is 26.6. The van der Waals surface area contributed by atoms with Gasteiger partial charge in [-0.15, -0.1) is 11.3 Å². The Balaban J connectivity index is 1.78. The van der Waals surface area contributed by atoms with Gasteiger partial charge in [0.1, 0.15) is 10.9 Å². The number of thiophene rings is 1. The zero-order chi connectivity index (χ0) is 26.7. The molecule has 0 saturated carbocycles. The predicted molar refractivity (Wildman–Crippen MR) is 133 cm³/mol. The highest BCUT2D eigenvalue weighted by atomic mass is 32.1. The fourth-order valence-electron chi connectivity index (χ4n) is 4.42.